The Labute approximate surface area is 183 Å². The number of nitrogens with zero attached hydrogens (tertiary/aromatic N) is 2. The fourth-order valence-corrected chi connectivity index (χ4v) is 5.20. The third-order valence-electron chi connectivity index (χ3n) is 5.38. The van der Waals surface area contributed by atoms with E-state index in [1.54, 1.807) is 43.0 Å². The molecule has 0 N–H and O–H groups in total. The van der Waals surface area contributed by atoms with Crippen LogP contribution in [0.25, 0.3) is 0 Å². The Bertz CT molecular complexity index is 1000. The molecule has 1 aliphatic heterocycles. The average Bonchev–Trinajstić information content (AvgIpc) is 2.74. The van der Waals surface area contributed by atoms with Crippen LogP contribution in [0.2, 0.25) is 5.02 Å². The van der Waals surface area contributed by atoms with Gasteiger partial charge in [-0.25, -0.2) is 8.42 Å². The van der Waals surface area contributed by atoms with Gasteiger partial charge in [-0.2, -0.15) is 4.31 Å². The molecule has 0 radical (unpaired) electrons. The van der Waals surface area contributed by atoms with Crippen molar-refractivity contribution < 1.29 is 17.9 Å². The van der Waals surface area contributed by atoms with Crippen molar-refractivity contribution in [2.24, 2.45) is 0 Å². The van der Waals surface area contributed by atoms with E-state index >= 15 is 0 Å². The molecule has 8 heteroatoms. The molecule has 30 heavy (non-hydrogen) atoms. The lowest BCUT2D eigenvalue weighted by atomic mass is 10.0. The van der Waals surface area contributed by atoms with Crippen LogP contribution in [-0.4, -0.2) is 56.3 Å². The summed E-state index contributed by atoms with van der Waals surface area (Å²) in [5, 5.41) is 0.643. The number of hydrogen-bond acceptors (Lipinski definition) is 4. The summed E-state index contributed by atoms with van der Waals surface area (Å²) in [6, 6.07) is 12.1. The van der Waals surface area contributed by atoms with Crippen molar-refractivity contribution in [2.75, 3.05) is 32.8 Å². The monoisotopic (exact) mass is 450 g/mol. The van der Waals surface area contributed by atoms with Crippen LogP contribution >= 0.6 is 11.6 Å². The highest BCUT2D eigenvalue weighted by Crippen LogP contribution is 2.26. The molecule has 1 heterocycles. The molecule has 1 saturated heterocycles. The lowest BCUT2D eigenvalue weighted by Crippen LogP contribution is -2.42. The summed E-state index contributed by atoms with van der Waals surface area (Å²) in [5.74, 6) is -0.189. The number of halogens is 1. The van der Waals surface area contributed by atoms with Crippen molar-refractivity contribution in [3.05, 3.63) is 64.2 Å². The average molecular weight is 451 g/mol. The second-order valence-electron chi connectivity index (χ2n) is 7.23. The summed E-state index contributed by atoms with van der Waals surface area (Å²) in [6.07, 6.45) is -0.247. The molecule has 0 saturated carbocycles. The number of sulfonamides is 1. The molecule has 1 atom stereocenters. The van der Waals surface area contributed by atoms with Crippen LogP contribution in [0.1, 0.15) is 41.4 Å². The Morgan fingerprint density at radius 1 is 1.17 bits per heavy atom. The summed E-state index contributed by atoms with van der Waals surface area (Å²) in [5.41, 5.74) is 2.10. The zero-order valence-corrected chi connectivity index (χ0v) is 19.0. The molecule has 0 aliphatic carbocycles. The predicted octanol–water partition coefficient (Wildman–Crippen LogP) is 3.89. The molecule has 2 aromatic rings. The van der Waals surface area contributed by atoms with Gasteiger partial charge >= 0.3 is 0 Å². The number of carbonyl (C=O) groups excluding carboxylic acids is 1. The van der Waals surface area contributed by atoms with Gasteiger partial charge in [-0.3, -0.25) is 4.79 Å². The highest BCUT2D eigenvalue weighted by molar-refractivity contribution is 7.89. The lowest BCUT2D eigenvalue weighted by molar-refractivity contribution is -0.0228. The summed E-state index contributed by atoms with van der Waals surface area (Å²) in [4.78, 5) is 15.1. The van der Waals surface area contributed by atoms with Gasteiger partial charge in [0.2, 0.25) is 10.0 Å². The van der Waals surface area contributed by atoms with Crippen molar-refractivity contribution >= 4 is 27.5 Å². The maximum atomic E-state index is 13.3. The highest BCUT2D eigenvalue weighted by atomic mass is 35.5. The molecule has 1 amide bonds. The van der Waals surface area contributed by atoms with E-state index < -0.39 is 10.0 Å². The number of hydrogen-bond donors (Lipinski definition) is 0. The number of aryl methyl sites for hydroxylation is 1. The summed E-state index contributed by atoms with van der Waals surface area (Å²) >= 11 is 5.96. The van der Waals surface area contributed by atoms with Crippen LogP contribution in [0.3, 0.4) is 0 Å². The first-order chi connectivity index (χ1) is 14.3. The van der Waals surface area contributed by atoms with Gasteiger partial charge < -0.3 is 9.64 Å². The number of amides is 1. The third kappa shape index (κ3) is 4.70. The van der Waals surface area contributed by atoms with Gasteiger partial charge in [-0.1, -0.05) is 43.6 Å². The van der Waals surface area contributed by atoms with Crippen molar-refractivity contribution in [1.82, 2.24) is 9.21 Å². The van der Waals surface area contributed by atoms with Crippen LogP contribution in [-0.2, 0) is 14.8 Å². The first-order valence-electron chi connectivity index (χ1n) is 10.0. The van der Waals surface area contributed by atoms with E-state index in [1.807, 2.05) is 19.1 Å². The first-order valence-corrected chi connectivity index (χ1v) is 11.9. The fourth-order valence-electron chi connectivity index (χ4n) is 3.59. The van der Waals surface area contributed by atoms with Gasteiger partial charge in [0.25, 0.3) is 5.91 Å². The number of ether oxygens (including phenoxy) is 1. The van der Waals surface area contributed by atoms with E-state index in [1.165, 1.54) is 10.4 Å². The third-order valence-corrected chi connectivity index (χ3v) is 7.68. The van der Waals surface area contributed by atoms with E-state index in [9.17, 15) is 13.2 Å². The SMILES string of the molecule is CCN(CC)S(=O)(=O)c1ccc(C)c(C(=O)N2CCOC(c3ccc(Cl)cc3)C2)c1. The maximum Gasteiger partial charge on any atom is 0.254 e. The minimum Gasteiger partial charge on any atom is -0.370 e. The van der Waals surface area contributed by atoms with Gasteiger partial charge in [-0.05, 0) is 42.3 Å². The Kier molecular flexibility index (Phi) is 7.18. The van der Waals surface area contributed by atoms with Crippen LogP contribution in [0.15, 0.2) is 47.4 Å². The Morgan fingerprint density at radius 2 is 1.83 bits per heavy atom. The highest BCUT2D eigenvalue weighted by Gasteiger charge is 2.29. The molecule has 3 rings (SSSR count). The standard InChI is InChI=1S/C22H27ClN2O4S/c1-4-25(5-2)30(27,28)19-11-6-16(3)20(14-19)22(26)24-12-13-29-21(15-24)17-7-9-18(23)10-8-17/h6-11,14,21H,4-5,12-13,15H2,1-3H3. The lowest BCUT2D eigenvalue weighted by Gasteiger charge is -2.33. The molecule has 6 nitrogen and oxygen atoms in total. The van der Waals surface area contributed by atoms with Crippen molar-refractivity contribution in [2.45, 2.75) is 31.8 Å². The molecule has 0 bridgehead atoms. The fraction of sp³-hybridized carbons (Fsp3) is 0.409. The Balaban J connectivity index is 1.86. The molecule has 0 spiro atoms. The van der Waals surface area contributed by atoms with Gasteiger partial charge in [0.15, 0.2) is 0 Å². The van der Waals surface area contributed by atoms with Gasteiger partial charge in [0.1, 0.15) is 6.10 Å². The van der Waals surface area contributed by atoms with Crippen LogP contribution < -0.4 is 0 Å². The minimum absolute atomic E-state index is 0.141. The zero-order chi connectivity index (χ0) is 21.9. The molecule has 0 aromatic heterocycles. The summed E-state index contributed by atoms with van der Waals surface area (Å²) in [7, 11) is -3.64. The van der Waals surface area contributed by atoms with E-state index in [0.29, 0.717) is 43.4 Å². The smallest absolute Gasteiger partial charge is 0.254 e. The van der Waals surface area contributed by atoms with Crippen LogP contribution in [0.4, 0.5) is 0 Å². The van der Waals surface area contributed by atoms with E-state index in [4.69, 9.17) is 16.3 Å². The second-order valence-corrected chi connectivity index (χ2v) is 9.60. The van der Waals surface area contributed by atoms with Gasteiger partial charge in [0.05, 0.1) is 18.0 Å². The predicted molar refractivity (Wildman–Crippen MR) is 117 cm³/mol. The zero-order valence-electron chi connectivity index (χ0n) is 17.5. The molecule has 1 aliphatic rings. The number of rotatable bonds is 6. The van der Waals surface area contributed by atoms with Crippen molar-refractivity contribution in [3.8, 4) is 0 Å². The minimum atomic E-state index is -3.64. The Morgan fingerprint density at radius 3 is 2.47 bits per heavy atom. The van der Waals surface area contributed by atoms with Crippen LogP contribution in [0.5, 0.6) is 0 Å². The molecule has 2 aromatic carbocycles. The quantitative estimate of drug-likeness (QED) is 0.669. The van der Waals surface area contributed by atoms with Crippen molar-refractivity contribution in [3.63, 3.8) is 0 Å². The molecular weight excluding hydrogens is 424 g/mol. The Hall–Kier alpha value is -1.93. The van der Waals surface area contributed by atoms with Crippen LogP contribution in [0, 0.1) is 6.92 Å². The van der Waals surface area contributed by atoms with Gasteiger partial charge in [-0.15, -0.1) is 0 Å². The summed E-state index contributed by atoms with van der Waals surface area (Å²) < 4.78 is 33.0. The van der Waals surface area contributed by atoms with E-state index in [-0.39, 0.29) is 16.9 Å². The van der Waals surface area contributed by atoms with Crippen molar-refractivity contribution in [1.29, 1.82) is 0 Å². The second kappa shape index (κ2) is 9.47. The molecule has 162 valence electrons. The number of morpholine rings is 1. The van der Waals surface area contributed by atoms with E-state index in [0.717, 1.165) is 11.1 Å². The molecule has 1 fully saturated rings. The number of carbonyl (C=O) groups is 1. The maximum absolute atomic E-state index is 13.3. The normalized spacial score (nSPS) is 17.4. The summed E-state index contributed by atoms with van der Waals surface area (Å²) in [6.45, 7) is 7.43. The number of benzene rings is 2. The van der Waals surface area contributed by atoms with E-state index in [2.05, 4.69) is 0 Å². The molecule has 1 unspecified atom stereocenters. The topological polar surface area (TPSA) is 66.9 Å². The van der Waals surface area contributed by atoms with Gasteiger partial charge in [0, 0.05) is 30.2 Å². The largest absolute Gasteiger partial charge is 0.370 e. The first kappa shape index (κ1) is 22.7. The molecular formula is C22H27ClN2O4S.